The van der Waals surface area contributed by atoms with Gasteiger partial charge in [-0.05, 0) is 31.9 Å². The molecule has 0 aliphatic carbocycles. The highest BCUT2D eigenvalue weighted by atomic mass is 16.2. The molecule has 1 aromatic rings. The zero-order chi connectivity index (χ0) is 14.4. The van der Waals surface area contributed by atoms with Crippen LogP contribution in [-0.2, 0) is 4.79 Å². The molecule has 1 saturated heterocycles. The molecule has 0 bridgehead atoms. The summed E-state index contributed by atoms with van der Waals surface area (Å²) >= 11 is 0. The number of unbranched alkanes of at least 4 members (excludes halogenated alkanes) is 2. The fourth-order valence-electron chi connectivity index (χ4n) is 2.77. The molecule has 0 spiro atoms. The summed E-state index contributed by atoms with van der Waals surface area (Å²) < 4.78 is 0. The van der Waals surface area contributed by atoms with E-state index >= 15 is 0 Å². The Bertz CT molecular complexity index is 444. The van der Waals surface area contributed by atoms with Crippen LogP contribution in [0.25, 0.3) is 0 Å². The van der Waals surface area contributed by atoms with Crippen LogP contribution in [0.3, 0.4) is 0 Å². The summed E-state index contributed by atoms with van der Waals surface area (Å²) in [5.41, 5.74) is 2.13. The van der Waals surface area contributed by atoms with Gasteiger partial charge in [0.15, 0.2) is 0 Å². The third kappa shape index (κ3) is 3.75. The lowest BCUT2D eigenvalue weighted by molar-refractivity contribution is -0.117. The fourth-order valence-corrected chi connectivity index (χ4v) is 2.77. The maximum absolute atomic E-state index is 11.9. The lowest BCUT2D eigenvalue weighted by Crippen LogP contribution is -2.26. The quantitative estimate of drug-likeness (QED) is 0.756. The molecule has 0 saturated carbocycles. The van der Waals surface area contributed by atoms with Crippen LogP contribution in [0.2, 0.25) is 0 Å². The van der Waals surface area contributed by atoms with Gasteiger partial charge in [-0.2, -0.15) is 0 Å². The van der Waals surface area contributed by atoms with Crippen LogP contribution in [0.4, 0.5) is 11.4 Å². The van der Waals surface area contributed by atoms with Gasteiger partial charge in [-0.25, -0.2) is 0 Å². The van der Waals surface area contributed by atoms with Gasteiger partial charge in [0.2, 0.25) is 5.91 Å². The topological polar surface area (TPSA) is 32.3 Å². The average molecular weight is 274 g/mol. The highest BCUT2D eigenvalue weighted by Gasteiger charge is 2.23. The molecule has 110 valence electrons. The van der Waals surface area contributed by atoms with E-state index in [-0.39, 0.29) is 5.91 Å². The van der Waals surface area contributed by atoms with Crippen molar-refractivity contribution in [2.45, 2.75) is 58.4 Å². The molecule has 1 N–H and O–H groups in total. The van der Waals surface area contributed by atoms with E-state index in [9.17, 15) is 4.79 Å². The molecule has 1 aliphatic heterocycles. The molecule has 2 rings (SSSR count). The van der Waals surface area contributed by atoms with Gasteiger partial charge in [-0.1, -0.05) is 38.3 Å². The van der Waals surface area contributed by atoms with Gasteiger partial charge in [-0.15, -0.1) is 0 Å². The summed E-state index contributed by atoms with van der Waals surface area (Å²) in [6.07, 6.45) is 6.63. The molecule has 1 atom stereocenters. The van der Waals surface area contributed by atoms with E-state index in [1.165, 1.54) is 25.7 Å². The van der Waals surface area contributed by atoms with Crippen LogP contribution in [-0.4, -0.2) is 18.5 Å². The number of anilines is 2. The smallest absolute Gasteiger partial charge is 0.227 e. The standard InChI is InChI=1S/C17H26N2O/c1-3-4-5-9-14(2)18-15-10-6-7-11-16(15)19-13-8-12-17(19)20/h6-7,10-11,14,18H,3-5,8-9,12-13H2,1-2H3. The highest BCUT2D eigenvalue weighted by Crippen LogP contribution is 2.30. The molecule has 1 heterocycles. The zero-order valence-electron chi connectivity index (χ0n) is 12.7. The first-order chi connectivity index (χ1) is 9.72. The number of hydrogen-bond acceptors (Lipinski definition) is 2. The summed E-state index contributed by atoms with van der Waals surface area (Å²) in [4.78, 5) is 13.8. The van der Waals surface area contributed by atoms with Crippen molar-refractivity contribution in [3.63, 3.8) is 0 Å². The lowest BCUT2D eigenvalue weighted by Gasteiger charge is -2.23. The van der Waals surface area contributed by atoms with Gasteiger partial charge in [0.1, 0.15) is 0 Å². The van der Waals surface area contributed by atoms with Crippen LogP contribution in [0.5, 0.6) is 0 Å². The number of carbonyl (C=O) groups is 1. The molecule has 3 nitrogen and oxygen atoms in total. The highest BCUT2D eigenvalue weighted by molar-refractivity contribution is 5.98. The number of nitrogens with one attached hydrogen (secondary N) is 1. The van der Waals surface area contributed by atoms with Crippen LogP contribution in [0, 0.1) is 0 Å². The molecule has 0 aromatic heterocycles. The van der Waals surface area contributed by atoms with Crippen molar-refractivity contribution in [1.82, 2.24) is 0 Å². The summed E-state index contributed by atoms with van der Waals surface area (Å²) in [5, 5.41) is 3.57. The van der Waals surface area contributed by atoms with Crippen molar-refractivity contribution in [3.05, 3.63) is 24.3 Å². The van der Waals surface area contributed by atoms with Crippen molar-refractivity contribution >= 4 is 17.3 Å². The maximum atomic E-state index is 11.9. The van der Waals surface area contributed by atoms with Crippen LogP contribution in [0.1, 0.15) is 52.4 Å². The van der Waals surface area contributed by atoms with Crippen LogP contribution < -0.4 is 10.2 Å². The number of hydrogen-bond donors (Lipinski definition) is 1. The predicted octanol–water partition coefficient (Wildman–Crippen LogP) is 4.19. The Morgan fingerprint density at radius 3 is 2.80 bits per heavy atom. The Kier molecular flexibility index (Phi) is 5.45. The zero-order valence-corrected chi connectivity index (χ0v) is 12.7. The van der Waals surface area contributed by atoms with E-state index < -0.39 is 0 Å². The molecule has 1 amide bonds. The van der Waals surface area contributed by atoms with Crippen molar-refractivity contribution in [1.29, 1.82) is 0 Å². The molecular formula is C17H26N2O. The van der Waals surface area contributed by atoms with Gasteiger partial charge in [-0.3, -0.25) is 4.79 Å². The normalized spacial score (nSPS) is 16.5. The second-order valence-corrected chi connectivity index (χ2v) is 5.71. The summed E-state index contributed by atoms with van der Waals surface area (Å²) in [5.74, 6) is 0.248. The number of para-hydroxylation sites is 2. The first-order valence-corrected chi connectivity index (χ1v) is 7.88. The monoisotopic (exact) mass is 274 g/mol. The Labute approximate surface area is 122 Å². The Morgan fingerprint density at radius 2 is 2.10 bits per heavy atom. The number of amides is 1. The van der Waals surface area contributed by atoms with Gasteiger partial charge >= 0.3 is 0 Å². The van der Waals surface area contributed by atoms with Crippen molar-refractivity contribution in [3.8, 4) is 0 Å². The molecule has 1 unspecified atom stereocenters. The molecular weight excluding hydrogens is 248 g/mol. The number of rotatable bonds is 7. The first kappa shape index (κ1) is 14.9. The first-order valence-electron chi connectivity index (χ1n) is 7.88. The van der Waals surface area contributed by atoms with Gasteiger partial charge in [0, 0.05) is 19.0 Å². The predicted molar refractivity (Wildman–Crippen MR) is 85.3 cm³/mol. The Balaban J connectivity index is 2.02. The maximum Gasteiger partial charge on any atom is 0.227 e. The lowest BCUT2D eigenvalue weighted by atomic mass is 10.1. The third-order valence-electron chi connectivity index (χ3n) is 3.91. The SMILES string of the molecule is CCCCCC(C)Nc1ccccc1N1CCCC1=O. The summed E-state index contributed by atoms with van der Waals surface area (Å²) in [7, 11) is 0. The molecule has 3 heteroatoms. The molecule has 20 heavy (non-hydrogen) atoms. The minimum atomic E-state index is 0.248. The van der Waals surface area contributed by atoms with E-state index in [1.54, 1.807) is 0 Å². The van der Waals surface area contributed by atoms with E-state index in [4.69, 9.17) is 0 Å². The fraction of sp³-hybridized carbons (Fsp3) is 0.588. The van der Waals surface area contributed by atoms with E-state index in [0.29, 0.717) is 12.5 Å². The van der Waals surface area contributed by atoms with Gasteiger partial charge in [0.25, 0.3) is 0 Å². The number of benzene rings is 1. The molecule has 1 aliphatic rings. The van der Waals surface area contributed by atoms with Crippen molar-refractivity contribution in [2.24, 2.45) is 0 Å². The third-order valence-corrected chi connectivity index (χ3v) is 3.91. The van der Waals surface area contributed by atoms with Crippen molar-refractivity contribution < 1.29 is 4.79 Å². The minimum absolute atomic E-state index is 0.248. The summed E-state index contributed by atoms with van der Waals surface area (Å²) in [6.45, 7) is 5.30. The molecule has 0 radical (unpaired) electrons. The van der Waals surface area contributed by atoms with E-state index in [2.05, 4.69) is 25.2 Å². The Hall–Kier alpha value is -1.51. The van der Waals surface area contributed by atoms with E-state index in [1.807, 2.05) is 23.1 Å². The molecule has 1 aromatic carbocycles. The van der Waals surface area contributed by atoms with Crippen LogP contribution in [0.15, 0.2) is 24.3 Å². The molecule has 1 fully saturated rings. The van der Waals surface area contributed by atoms with Gasteiger partial charge in [0.05, 0.1) is 11.4 Å². The van der Waals surface area contributed by atoms with Gasteiger partial charge < -0.3 is 10.2 Å². The second kappa shape index (κ2) is 7.32. The minimum Gasteiger partial charge on any atom is -0.381 e. The average Bonchev–Trinajstić information content (AvgIpc) is 2.86. The number of carbonyl (C=O) groups excluding carboxylic acids is 1. The Morgan fingerprint density at radius 1 is 1.30 bits per heavy atom. The van der Waals surface area contributed by atoms with Crippen LogP contribution >= 0.6 is 0 Å². The van der Waals surface area contributed by atoms with Crippen molar-refractivity contribution in [2.75, 3.05) is 16.8 Å². The second-order valence-electron chi connectivity index (χ2n) is 5.71. The van der Waals surface area contributed by atoms with E-state index in [0.717, 1.165) is 24.3 Å². The summed E-state index contributed by atoms with van der Waals surface area (Å²) in [6, 6.07) is 8.61. The largest absolute Gasteiger partial charge is 0.381 e. The number of nitrogens with zero attached hydrogens (tertiary/aromatic N) is 1.